The van der Waals surface area contributed by atoms with Crippen molar-refractivity contribution in [2.24, 2.45) is 0 Å². The highest BCUT2D eigenvalue weighted by Crippen LogP contribution is 2.31. The number of aryl methyl sites for hydroxylation is 3. The average molecular weight is 363 g/mol. The monoisotopic (exact) mass is 362 g/mol. The molecule has 0 aliphatic rings. The van der Waals surface area contributed by atoms with Crippen LogP contribution in [0.25, 0.3) is 16.8 Å². The first-order valence-corrected chi connectivity index (χ1v) is 8.85. The molecule has 2 aromatic heterocycles. The molecule has 4 nitrogen and oxygen atoms in total. The van der Waals surface area contributed by atoms with Crippen LogP contribution in [-0.4, -0.2) is 14.6 Å². The number of aromatic nitrogens is 3. The molecule has 0 saturated carbocycles. The van der Waals surface area contributed by atoms with Gasteiger partial charge >= 0.3 is 0 Å². The number of nitrogens with zero attached hydrogens (tertiary/aromatic N) is 3. The van der Waals surface area contributed by atoms with Crippen LogP contribution in [0.4, 0.5) is 11.5 Å². The number of hydrogen-bond donors (Lipinski definition) is 1. The normalized spacial score (nSPS) is 11.1. The Hall–Kier alpha value is -2.85. The van der Waals surface area contributed by atoms with E-state index in [1.807, 2.05) is 48.0 Å². The third-order valence-corrected chi connectivity index (χ3v) is 4.87. The second-order valence-corrected chi connectivity index (χ2v) is 6.89. The fraction of sp³-hybridized carbons (Fsp3) is 0.143. The maximum absolute atomic E-state index is 6.38. The Morgan fingerprint density at radius 1 is 0.923 bits per heavy atom. The molecule has 0 aliphatic carbocycles. The number of halogens is 1. The number of benzene rings is 2. The highest BCUT2D eigenvalue weighted by atomic mass is 35.5. The molecule has 0 bridgehead atoms. The molecule has 4 rings (SSSR count). The molecule has 0 fully saturated rings. The second kappa shape index (κ2) is 6.46. The summed E-state index contributed by atoms with van der Waals surface area (Å²) in [5, 5.41) is 8.70. The van der Waals surface area contributed by atoms with Crippen LogP contribution < -0.4 is 5.32 Å². The highest BCUT2D eigenvalue weighted by Gasteiger charge is 2.14. The minimum atomic E-state index is 0.689. The van der Waals surface area contributed by atoms with E-state index in [9.17, 15) is 0 Å². The number of nitrogens with one attached hydrogen (secondary N) is 1. The van der Waals surface area contributed by atoms with Crippen LogP contribution in [0, 0.1) is 20.8 Å². The topological polar surface area (TPSA) is 42.2 Å². The Bertz CT molecular complexity index is 1110. The lowest BCUT2D eigenvalue weighted by atomic mass is 10.1. The molecule has 26 heavy (non-hydrogen) atoms. The van der Waals surface area contributed by atoms with Crippen molar-refractivity contribution in [3.63, 3.8) is 0 Å². The average Bonchev–Trinajstić information content (AvgIpc) is 3.02. The van der Waals surface area contributed by atoms with E-state index in [4.69, 9.17) is 11.6 Å². The number of fused-ring (bicyclic) bond motifs is 1. The van der Waals surface area contributed by atoms with Gasteiger partial charge < -0.3 is 5.32 Å². The Morgan fingerprint density at radius 3 is 2.50 bits per heavy atom. The molecule has 4 aromatic rings. The van der Waals surface area contributed by atoms with Crippen LogP contribution in [-0.2, 0) is 0 Å². The van der Waals surface area contributed by atoms with Crippen molar-refractivity contribution in [1.29, 1.82) is 0 Å². The summed E-state index contributed by atoms with van der Waals surface area (Å²) in [5.41, 5.74) is 7.08. The fourth-order valence-electron chi connectivity index (χ4n) is 3.01. The van der Waals surface area contributed by atoms with E-state index in [0.717, 1.165) is 34.0 Å². The van der Waals surface area contributed by atoms with Crippen LogP contribution in [0.2, 0.25) is 5.02 Å². The van der Waals surface area contributed by atoms with Gasteiger partial charge in [-0.25, -0.2) is 4.98 Å². The molecule has 0 atom stereocenters. The van der Waals surface area contributed by atoms with Crippen molar-refractivity contribution in [2.45, 2.75) is 20.8 Å². The summed E-state index contributed by atoms with van der Waals surface area (Å²) in [6, 6.07) is 16.1. The molecule has 0 amide bonds. The lowest BCUT2D eigenvalue weighted by molar-refractivity contribution is 0.938. The van der Waals surface area contributed by atoms with Crippen LogP contribution in [0.1, 0.15) is 16.8 Å². The standard InChI is InChI=1S/C21H19ClN4/c1-13-8-9-16(10-14(13)2)25-20-11-15(3)24-21-18(12-23-26(20)21)17-6-4-5-7-19(17)22/h4-12,25H,1-3H3. The molecule has 2 heterocycles. The lowest BCUT2D eigenvalue weighted by Gasteiger charge is -2.11. The maximum atomic E-state index is 6.38. The first-order chi connectivity index (χ1) is 12.5. The van der Waals surface area contributed by atoms with Crippen LogP contribution in [0.3, 0.4) is 0 Å². The first kappa shape index (κ1) is 16.6. The van der Waals surface area contributed by atoms with E-state index in [-0.39, 0.29) is 0 Å². The summed E-state index contributed by atoms with van der Waals surface area (Å²) in [4.78, 5) is 4.69. The summed E-state index contributed by atoms with van der Waals surface area (Å²) in [6.07, 6.45) is 1.81. The third kappa shape index (κ3) is 2.93. The Labute approximate surface area is 157 Å². The molecule has 0 saturated heterocycles. The highest BCUT2D eigenvalue weighted by molar-refractivity contribution is 6.33. The van der Waals surface area contributed by atoms with Crippen LogP contribution in [0.15, 0.2) is 54.7 Å². The zero-order valence-corrected chi connectivity index (χ0v) is 15.7. The molecular formula is C21H19ClN4. The zero-order chi connectivity index (χ0) is 18.3. The van der Waals surface area contributed by atoms with E-state index in [1.165, 1.54) is 11.1 Å². The largest absolute Gasteiger partial charge is 0.340 e. The van der Waals surface area contributed by atoms with E-state index in [0.29, 0.717) is 5.02 Å². The van der Waals surface area contributed by atoms with Gasteiger partial charge in [0.25, 0.3) is 0 Å². The van der Waals surface area contributed by atoms with Crippen molar-refractivity contribution in [1.82, 2.24) is 14.6 Å². The molecule has 0 radical (unpaired) electrons. The van der Waals surface area contributed by atoms with Gasteiger partial charge in [-0.2, -0.15) is 9.61 Å². The Balaban J connectivity index is 1.84. The molecule has 130 valence electrons. The molecule has 0 aliphatic heterocycles. The predicted octanol–water partition coefficient (Wildman–Crippen LogP) is 5.72. The SMILES string of the molecule is Cc1cc(Nc2ccc(C)c(C)c2)n2ncc(-c3ccccc3Cl)c2n1. The number of anilines is 2. The minimum absolute atomic E-state index is 0.689. The molecule has 5 heteroatoms. The van der Waals surface area contributed by atoms with Gasteiger partial charge in [0.15, 0.2) is 5.65 Å². The Kier molecular flexibility index (Phi) is 4.13. The molecular weight excluding hydrogens is 344 g/mol. The molecule has 2 aromatic carbocycles. The van der Waals surface area contributed by atoms with Gasteiger partial charge in [0.05, 0.1) is 6.20 Å². The van der Waals surface area contributed by atoms with E-state index in [2.05, 4.69) is 47.4 Å². The zero-order valence-electron chi connectivity index (χ0n) is 14.9. The second-order valence-electron chi connectivity index (χ2n) is 6.48. The lowest BCUT2D eigenvalue weighted by Crippen LogP contribution is -2.03. The van der Waals surface area contributed by atoms with Gasteiger partial charge in [0.1, 0.15) is 5.82 Å². The third-order valence-electron chi connectivity index (χ3n) is 4.54. The smallest absolute Gasteiger partial charge is 0.165 e. The molecule has 0 spiro atoms. The fourth-order valence-corrected chi connectivity index (χ4v) is 3.25. The molecule has 0 unspecified atom stereocenters. The summed E-state index contributed by atoms with van der Waals surface area (Å²) < 4.78 is 1.82. The first-order valence-electron chi connectivity index (χ1n) is 8.47. The van der Waals surface area contributed by atoms with Gasteiger partial charge in [0, 0.05) is 33.6 Å². The van der Waals surface area contributed by atoms with Crippen molar-refractivity contribution in [3.05, 3.63) is 76.6 Å². The minimum Gasteiger partial charge on any atom is -0.340 e. The predicted molar refractivity (Wildman–Crippen MR) is 107 cm³/mol. The summed E-state index contributed by atoms with van der Waals surface area (Å²) in [6.45, 7) is 6.20. The van der Waals surface area contributed by atoms with Crippen LogP contribution >= 0.6 is 11.6 Å². The van der Waals surface area contributed by atoms with Gasteiger partial charge in [0.2, 0.25) is 0 Å². The quantitative estimate of drug-likeness (QED) is 0.507. The van der Waals surface area contributed by atoms with Crippen molar-refractivity contribution in [3.8, 4) is 11.1 Å². The maximum Gasteiger partial charge on any atom is 0.165 e. The number of hydrogen-bond acceptors (Lipinski definition) is 3. The van der Waals surface area contributed by atoms with Gasteiger partial charge in [-0.1, -0.05) is 35.9 Å². The van der Waals surface area contributed by atoms with Crippen LogP contribution in [0.5, 0.6) is 0 Å². The van der Waals surface area contributed by atoms with Crippen molar-refractivity contribution >= 4 is 28.8 Å². The summed E-state index contributed by atoms with van der Waals surface area (Å²) in [5.74, 6) is 0.869. The van der Waals surface area contributed by atoms with Crippen molar-refractivity contribution in [2.75, 3.05) is 5.32 Å². The Morgan fingerprint density at radius 2 is 1.73 bits per heavy atom. The van der Waals surface area contributed by atoms with Gasteiger partial charge in [-0.3, -0.25) is 0 Å². The summed E-state index contributed by atoms with van der Waals surface area (Å²) >= 11 is 6.38. The number of rotatable bonds is 3. The molecule has 1 N–H and O–H groups in total. The van der Waals surface area contributed by atoms with E-state index < -0.39 is 0 Å². The van der Waals surface area contributed by atoms with E-state index in [1.54, 1.807) is 0 Å². The van der Waals surface area contributed by atoms with E-state index >= 15 is 0 Å². The van der Waals surface area contributed by atoms with Crippen molar-refractivity contribution < 1.29 is 0 Å². The summed E-state index contributed by atoms with van der Waals surface area (Å²) in [7, 11) is 0. The van der Waals surface area contributed by atoms with Gasteiger partial charge in [-0.15, -0.1) is 0 Å². The van der Waals surface area contributed by atoms with Gasteiger partial charge in [-0.05, 0) is 50.1 Å².